The fourth-order valence-electron chi connectivity index (χ4n) is 3.18. The minimum Gasteiger partial charge on any atom is -0.461 e. The number of ether oxygens (including phenoxy) is 2. The first-order valence-corrected chi connectivity index (χ1v) is 10.9. The van der Waals surface area contributed by atoms with E-state index in [0.29, 0.717) is 5.82 Å². The molecule has 0 radical (unpaired) electrons. The third-order valence-electron chi connectivity index (χ3n) is 4.91. The van der Waals surface area contributed by atoms with Gasteiger partial charge in [-0.2, -0.15) is 23.0 Å². The average Bonchev–Trinajstić information content (AvgIpc) is 3.27. The predicted octanol–water partition coefficient (Wildman–Crippen LogP) is 3.74. The monoisotopic (exact) mass is 501 g/mol. The van der Waals surface area contributed by atoms with Gasteiger partial charge in [0.1, 0.15) is 23.1 Å². The molecule has 36 heavy (non-hydrogen) atoms. The minimum atomic E-state index is -4.66. The van der Waals surface area contributed by atoms with Crippen LogP contribution in [0.4, 0.5) is 19.0 Å². The van der Waals surface area contributed by atoms with Crippen LogP contribution in [0.25, 0.3) is 16.9 Å². The number of carbonyl (C=O) groups is 1. The third kappa shape index (κ3) is 5.57. The van der Waals surface area contributed by atoms with Crippen LogP contribution < -0.4 is 10.1 Å². The van der Waals surface area contributed by atoms with E-state index < -0.39 is 29.6 Å². The quantitative estimate of drug-likeness (QED) is 0.388. The fraction of sp³-hybridized carbons (Fsp3) is 0.304. The molecule has 10 nitrogen and oxygen atoms in total. The van der Waals surface area contributed by atoms with Crippen LogP contribution in [0.2, 0.25) is 0 Å². The first-order chi connectivity index (χ1) is 17.1. The first kappa shape index (κ1) is 25.0. The van der Waals surface area contributed by atoms with Gasteiger partial charge < -0.3 is 14.8 Å². The predicted molar refractivity (Wildman–Crippen MR) is 123 cm³/mol. The number of rotatable bonds is 8. The van der Waals surface area contributed by atoms with E-state index in [-0.39, 0.29) is 29.6 Å². The van der Waals surface area contributed by atoms with Crippen LogP contribution in [0.3, 0.4) is 0 Å². The molecule has 0 aliphatic rings. The summed E-state index contributed by atoms with van der Waals surface area (Å²) < 4.78 is 53.0. The normalized spacial score (nSPS) is 12.6. The molecule has 13 heteroatoms. The van der Waals surface area contributed by atoms with Crippen LogP contribution in [0.5, 0.6) is 5.88 Å². The highest BCUT2D eigenvalue weighted by Crippen LogP contribution is 2.34. The van der Waals surface area contributed by atoms with E-state index in [2.05, 4.69) is 30.4 Å². The molecule has 0 spiro atoms. The number of nitrogens with zero attached hydrogens (tertiary/aromatic N) is 6. The topological polar surface area (TPSA) is 117 Å². The van der Waals surface area contributed by atoms with Gasteiger partial charge in [0.25, 0.3) is 5.91 Å². The number of fused-ring (bicyclic) bond motifs is 1. The van der Waals surface area contributed by atoms with Crippen molar-refractivity contribution in [2.24, 2.45) is 0 Å². The third-order valence-corrected chi connectivity index (χ3v) is 4.91. The summed E-state index contributed by atoms with van der Waals surface area (Å²) in [6, 6.07) is 5.52. The standard InChI is InChI=1S/C23H22F3N7O3/c1-13(2)35-11-17(21(34)32-18-7-6-14(3)9-28-18)36-22-15-10-31-33(19(15)29-12-30-22)20-16(23(24,25)26)5-4-8-27-20/h4-10,12-13,17H,11H2,1-3H3,(H,28,32,34). The molecule has 188 valence electrons. The van der Waals surface area contributed by atoms with Gasteiger partial charge in [-0.05, 0) is 44.5 Å². The van der Waals surface area contributed by atoms with E-state index in [1.54, 1.807) is 32.2 Å². The second-order valence-electron chi connectivity index (χ2n) is 8.04. The van der Waals surface area contributed by atoms with E-state index in [1.165, 1.54) is 18.5 Å². The number of hydrogen-bond donors (Lipinski definition) is 1. The second-order valence-corrected chi connectivity index (χ2v) is 8.04. The van der Waals surface area contributed by atoms with Gasteiger partial charge in [-0.3, -0.25) is 4.79 Å². The Morgan fingerprint density at radius 2 is 1.92 bits per heavy atom. The smallest absolute Gasteiger partial charge is 0.420 e. The van der Waals surface area contributed by atoms with Crippen molar-refractivity contribution in [3.63, 3.8) is 0 Å². The second kappa shape index (κ2) is 10.2. The summed E-state index contributed by atoms with van der Waals surface area (Å²) in [4.78, 5) is 29.1. The number of carbonyl (C=O) groups excluding carboxylic acids is 1. The lowest BCUT2D eigenvalue weighted by Gasteiger charge is -2.19. The SMILES string of the molecule is Cc1ccc(NC(=O)C(COC(C)C)Oc2ncnc3c2cnn3-c2ncccc2C(F)(F)F)nc1. The van der Waals surface area contributed by atoms with E-state index >= 15 is 0 Å². The van der Waals surface area contributed by atoms with E-state index in [9.17, 15) is 18.0 Å². The number of alkyl halides is 3. The number of hydrogen-bond acceptors (Lipinski definition) is 8. The molecule has 1 N–H and O–H groups in total. The molecular weight excluding hydrogens is 479 g/mol. The maximum Gasteiger partial charge on any atom is 0.420 e. The van der Waals surface area contributed by atoms with Crippen molar-refractivity contribution in [3.05, 3.63) is 60.3 Å². The number of aromatic nitrogens is 6. The van der Waals surface area contributed by atoms with Gasteiger partial charge in [0, 0.05) is 12.4 Å². The van der Waals surface area contributed by atoms with Gasteiger partial charge in [-0.25, -0.2) is 19.9 Å². The molecule has 0 saturated carbocycles. The van der Waals surface area contributed by atoms with Gasteiger partial charge in [-0.15, -0.1) is 0 Å². The van der Waals surface area contributed by atoms with Crippen molar-refractivity contribution in [3.8, 4) is 11.7 Å². The Morgan fingerprint density at radius 1 is 1.11 bits per heavy atom. The lowest BCUT2D eigenvalue weighted by Crippen LogP contribution is -2.38. The Kier molecular flexibility index (Phi) is 7.10. The van der Waals surface area contributed by atoms with Gasteiger partial charge >= 0.3 is 6.18 Å². The maximum atomic E-state index is 13.5. The highest BCUT2D eigenvalue weighted by molar-refractivity contribution is 5.94. The van der Waals surface area contributed by atoms with Gasteiger partial charge in [0.05, 0.1) is 18.9 Å². The highest BCUT2D eigenvalue weighted by atomic mass is 19.4. The number of anilines is 1. The molecule has 0 fully saturated rings. The molecule has 1 amide bonds. The van der Waals surface area contributed by atoms with Crippen LogP contribution in [0, 0.1) is 6.92 Å². The fourth-order valence-corrected chi connectivity index (χ4v) is 3.18. The summed E-state index contributed by atoms with van der Waals surface area (Å²) in [5.74, 6) is -0.734. The van der Waals surface area contributed by atoms with Crippen molar-refractivity contribution < 1.29 is 27.4 Å². The number of amides is 1. The van der Waals surface area contributed by atoms with E-state index in [0.717, 1.165) is 22.6 Å². The van der Waals surface area contributed by atoms with Crippen molar-refractivity contribution in [2.45, 2.75) is 39.2 Å². The molecule has 4 aromatic rings. The van der Waals surface area contributed by atoms with Crippen LogP contribution >= 0.6 is 0 Å². The molecule has 1 atom stereocenters. The molecule has 0 bridgehead atoms. The molecule has 4 heterocycles. The molecule has 0 saturated heterocycles. The Bertz CT molecular complexity index is 1360. The van der Waals surface area contributed by atoms with Crippen molar-refractivity contribution in [1.82, 2.24) is 29.7 Å². The average molecular weight is 501 g/mol. The zero-order valence-electron chi connectivity index (χ0n) is 19.5. The molecule has 4 rings (SSSR count). The van der Waals surface area contributed by atoms with E-state index in [1.807, 2.05) is 6.92 Å². The Morgan fingerprint density at radius 3 is 2.61 bits per heavy atom. The minimum absolute atomic E-state index is 0.0216. The molecule has 0 aliphatic heterocycles. The lowest BCUT2D eigenvalue weighted by atomic mass is 10.2. The number of halogens is 3. The van der Waals surface area contributed by atoms with Gasteiger partial charge in [-0.1, -0.05) is 6.07 Å². The molecule has 0 aromatic carbocycles. The van der Waals surface area contributed by atoms with Crippen LogP contribution in [0.1, 0.15) is 25.0 Å². The van der Waals surface area contributed by atoms with Crippen LogP contribution in [-0.2, 0) is 15.7 Å². The van der Waals surface area contributed by atoms with Crippen molar-refractivity contribution in [1.29, 1.82) is 0 Å². The van der Waals surface area contributed by atoms with Crippen LogP contribution in [-0.4, -0.2) is 54.4 Å². The zero-order valence-corrected chi connectivity index (χ0v) is 19.5. The first-order valence-electron chi connectivity index (χ1n) is 10.9. The summed E-state index contributed by atoms with van der Waals surface area (Å²) in [7, 11) is 0. The van der Waals surface area contributed by atoms with Crippen LogP contribution in [0.15, 0.2) is 49.2 Å². The summed E-state index contributed by atoms with van der Waals surface area (Å²) in [5.41, 5.74) is -0.0384. The Hall–Kier alpha value is -4.13. The van der Waals surface area contributed by atoms with Gasteiger partial charge in [0.2, 0.25) is 12.0 Å². The maximum absolute atomic E-state index is 13.5. The highest BCUT2D eigenvalue weighted by Gasteiger charge is 2.35. The van der Waals surface area contributed by atoms with Crippen molar-refractivity contribution in [2.75, 3.05) is 11.9 Å². The largest absolute Gasteiger partial charge is 0.461 e. The number of nitrogens with one attached hydrogen (secondary N) is 1. The van der Waals surface area contributed by atoms with Gasteiger partial charge in [0.15, 0.2) is 11.5 Å². The van der Waals surface area contributed by atoms with Crippen molar-refractivity contribution >= 4 is 22.8 Å². The molecular formula is C23H22F3N7O3. The van der Waals surface area contributed by atoms with E-state index in [4.69, 9.17) is 9.47 Å². The molecule has 1 unspecified atom stereocenters. The number of pyridine rings is 2. The Balaban J connectivity index is 1.66. The Labute approximate surface area is 203 Å². The molecule has 0 aliphatic carbocycles. The molecule has 4 aromatic heterocycles. The zero-order chi connectivity index (χ0) is 25.9. The number of aryl methyl sites for hydroxylation is 1. The summed E-state index contributed by atoms with van der Waals surface area (Å²) >= 11 is 0. The summed E-state index contributed by atoms with van der Waals surface area (Å²) in [6.45, 7) is 5.35. The summed E-state index contributed by atoms with van der Waals surface area (Å²) in [6.07, 6.45) is -0.831. The summed E-state index contributed by atoms with van der Waals surface area (Å²) in [5, 5.41) is 6.88. The lowest BCUT2D eigenvalue weighted by molar-refractivity contribution is -0.137.